The maximum absolute atomic E-state index is 13.3. The number of ether oxygens (including phenoxy) is 1. The molecule has 0 radical (unpaired) electrons. The summed E-state index contributed by atoms with van der Waals surface area (Å²) in [6, 6.07) is 0.601. The van der Waals surface area contributed by atoms with E-state index < -0.39 is 28.7 Å². The number of aliphatic hydroxyl groups is 1. The van der Waals surface area contributed by atoms with Crippen molar-refractivity contribution in [2.45, 2.75) is 18.4 Å². The molecular weight excluding hydrogens is 206 g/mol. The van der Waals surface area contributed by atoms with Gasteiger partial charge in [0.05, 0.1) is 18.3 Å². The van der Waals surface area contributed by atoms with Gasteiger partial charge in [-0.2, -0.15) is 0 Å². The summed E-state index contributed by atoms with van der Waals surface area (Å²) in [7, 11) is 1.16. The predicted molar refractivity (Wildman–Crippen MR) is 47.7 cm³/mol. The molecule has 1 saturated carbocycles. The Hall–Kier alpha value is -1.36. The number of phenols is 1. The highest BCUT2D eigenvalue weighted by Gasteiger charge is 2.47. The molecule has 0 aromatic heterocycles. The van der Waals surface area contributed by atoms with E-state index >= 15 is 0 Å². The summed E-state index contributed by atoms with van der Waals surface area (Å²) < 4.78 is 31.0. The third kappa shape index (κ3) is 1.43. The fourth-order valence-corrected chi connectivity index (χ4v) is 1.59. The van der Waals surface area contributed by atoms with Gasteiger partial charge in [-0.05, 0) is 12.8 Å². The average molecular weight is 216 g/mol. The number of hydrogen-bond acceptors (Lipinski definition) is 3. The number of benzene rings is 1. The van der Waals surface area contributed by atoms with Gasteiger partial charge < -0.3 is 14.9 Å². The molecule has 15 heavy (non-hydrogen) atoms. The van der Waals surface area contributed by atoms with Gasteiger partial charge in [0.1, 0.15) is 5.82 Å². The third-order valence-corrected chi connectivity index (χ3v) is 2.55. The zero-order valence-electron chi connectivity index (χ0n) is 8.05. The molecule has 1 aliphatic carbocycles. The van der Waals surface area contributed by atoms with Gasteiger partial charge in [0, 0.05) is 6.07 Å². The van der Waals surface area contributed by atoms with Gasteiger partial charge in [0.25, 0.3) is 0 Å². The molecule has 0 spiro atoms. The lowest BCUT2D eigenvalue weighted by atomic mass is 10.0. The molecule has 0 unspecified atom stereocenters. The quantitative estimate of drug-likeness (QED) is 0.790. The van der Waals surface area contributed by atoms with Crippen LogP contribution in [0.2, 0.25) is 0 Å². The van der Waals surface area contributed by atoms with Crippen molar-refractivity contribution >= 4 is 0 Å². The van der Waals surface area contributed by atoms with Crippen LogP contribution in [0.5, 0.6) is 11.5 Å². The first-order valence-electron chi connectivity index (χ1n) is 4.47. The smallest absolute Gasteiger partial charge is 0.197 e. The van der Waals surface area contributed by atoms with Crippen molar-refractivity contribution in [1.82, 2.24) is 0 Å². The van der Waals surface area contributed by atoms with E-state index in [1.165, 1.54) is 0 Å². The van der Waals surface area contributed by atoms with Gasteiger partial charge >= 0.3 is 0 Å². The standard InChI is InChI=1S/C10H10F2O3/c1-15-9-6(12)4-5(11)7(8(9)13)10(14)2-3-10/h4,13-14H,2-3H2,1H3. The Kier molecular flexibility index (Phi) is 2.08. The van der Waals surface area contributed by atoms with Crippen molar-refractivity contribution in [3.8, 4) is 11.5 Å². The Balaban J connectivity index is 2.64. The molecule has 1 aromatic rings. The third-order valence-electron chi connectivity index (χ3n) is 2.55. The van der Waals surface area contributed by atoms with E-state index in [2.05, 4.69) is 4.74 Å². The van der Waals surface area contributed by atoms with Gasteiger partial charge in [-0.1, -0.05) is 0 Å². The number of hydrogen-bond donors (Lipinski definition) is 2. The van der Waals surface area contributed by atoms with E-state index in [4.69, 9.17) is 0 Å². The zero-order chi connectivity index (χ0) is 11.2. The molecule has 0 amide bonds. The van der Waals surface area contributed by atoms with Crippen LogP contribution in [0.4, 0.5) is 8.78 Å². The minimum atomic E-state index is -1.37. The summed E-state index contributed by atoms with van der Waals surface area (Å²) >= 11 is 0. The second kappa shape index (κ2) is 3.06. The van der Waals surface area contributed by atoms with E-state index in [9.17, 15) is 19.0 Å². The zero-order valence-corrected chi connectivity index (χ0v) is 8.05. The first-order valence-corrected chi connectivity index (χ1v) is 4.47. The Labute approximate surface area is 84.9 Å². The van der Waals surface area contributed by atoms with Crippen molar-refractivity contribution in [2.24, 2.45) is 0 Å². The SMILES string of the molecule is COc1c(F)cc(F)c(C2(O)CC2)c1O. The van der Waals surface area contributed by atoms with E-state index in [0.717, 1.165) is 7.11 Å². The van der Waals surface area contributed by atoms with Gasteiger partial charge in [-0.15, -0.1) is 0 Å². The predicted octanol–water partition coefficient (Wildman–Crippen LogP) is 1.66. The Bertz CT molecular complexity index is 414. The van der Waals surface area contributed by atoms with Crippen LogP contribution in [0.25, 0.3) is 0 Å². The van der Waals surface area contributed by atoms with Gasteiger partial charge in [0.15, 0.2) is 17.3 Å². The minimum Gasteiger partial charge on any atom is -0.504 e. The van der Waals surface area contributed by atoms with Crippen LogP contribution >= 0.6 is 0 Å². The molecule has 3 nitrogen and oxygen atoms in total. The van der Waals surface area contributed by atoms with E-state index in [1.807, 2.05) is 0 Å². The molecule has 0 bridgehead atoms. The fourth-order valence-electron chi connectivity index (χ4n) is 1.59. The first-order chi connectivity index (χ1) is 6.99. The number of methoxy groups -OCH3 is 1. The van der Waals surface area contributed by atoms with E-state index in [1.54, 1.807) is 0 Å². The second-order valence-electron chi connectivity index (χ2n) is 3.63. The lowest BCUT2D eigenvalue weighted by Crippen LogP contribution is -2.09. The Morgan fingerprint density at radius 1 is 1.33 bits per heavy atom. The average Bonchev–Trinajstić information content (AvgIpc) is 2.83. The van der Waals surface area contributed by atoms with Crippen LogP contribution in [-0.4, -0.2) is 17.3 Å². The molecule has 1 fully saturated rings. The van der Waals surface area contributed by atoms with Crippen LogP contribution in [-0.2, 0) is 5.60 Å². The van der Waals surface area contributed by atoms with Crippen molar-refractivity contribution in [1.29, 1.82) is 0 Å². The normalized spacial score (nSPS) is 17.6. The number of aromatic hydroxyl groups is 1. The lowest BCUT2D eigenvalue weighted by molar-refractivity contribution is 0.141. The summed E-state index contributed by atoms with van der Waals surface area (Å²) in [5, 5.41) is 19.3. The number of halogens is 2. The first kappa shape index (κ1) is 10.2. The lowest BCUT2D eigenvalue weighted by Gasteiger charge is -2.14. The molecule has 0 aliphatic heterocycles. The molecule has 5 heteroatoms. The monoisotopic (exact) mass is 216 g/mol. The van der Waals surface area contributed by atoms with E-state index in [0.29, 0.717) is 18.9 Å². The van der Waals surface area contributed by atoms with Crippen LogP contribution in [0.15, 0.2) is 6.07 Å². The molecule has 2 rings (SSSR count). The van der Waals surface area contributed by atoms with Gasteiger partial charge in [0.2, 0.25) is 0 Å². The van der Waals surface area contributed by atoms with Crippen molar-refractivity contribution < 1.29 is 23.7 Å². The summed E-state index contributed by atoms with van der Waals surface area (Å²) in [4.78, 5) is 0. The fraction of sp³-hybridized carbons (Fsp3) is 0.400. The van der Waals surface area contributed by atoms with Gasteiger partial charge in [-0.3, -0.25) is 0 Å². The summed E-state index contributed by atoms with van der Waals surface area (Å²) in [6.45, 7) is 0. The summed E-state index contributed by atoms with van der Waals surface area (Å²) in [6.07, 6.45) is 0.707. The highest BCUT2D eigenvalue weighted by molar-refractivity contribution is 5.51. The largest absolute Gasteiger partial charge is 0.504 e. The topological polar surface area (TPSA) is 49.7 Å². The molecule has 2 N–H and O–H groups in total. The number of phenolic OH excluding ortho intramolecular Hbond substituents is 1. The van der Waals surface area contributed by atoms with Crippen LogP contribution in [0.3, 0.4) is 0 Å². The van der Waals surface area contributed by atoms with Crippen molar-refractivity contribution in [2.75, 3.05) is 7.11 Å². The minimum absolute atomic E-state index is 0.277. The van der Waals surface area contributed by atoms with Gasteiger partial charge in [-0.25, -0.2) is 8.78 Å². The number of rotatable bonds is 2. The van der Waals surface area contributed by atoms with Crippen LogP contribution < -0.4 is 4.74 Å². The highest BCUT2D eigenvalue weighted by atomic mass is 19.1. The second-order valence-corrected chi connectivity index (χ2v) is 3.63. The van der Waals surface area contributed by atoms with Crippen LogP contribution in [0.1, 0.15) is 18.4 Å². The summed E-state index contributed by atoms with van der Waals surface area (Å²) in [5.41, 5.74) is -1.64. The molecule has 0 heterocycles. The molecule has 0 atom stereocenters. The molecule has 82 valence electrons. The van der Waals surface area contributed by atoms with E-state index in [-0.39, 0.29) is 5.56 Å². The van der Waals surface area contributed by atoms with Crippen molar-refractivity contribution in [3.05, 3.63) is 23.3 Å². The molecule has 1 aromatic carbocycles. The maximum Gasteiger partial charge on any atom is 0.197 e. The van der Waals surface area contributed by atoms with Crippen LogP contribution in [0, 0.1) is 11.6 Å². The molecular formula is C10H10F2O3. The summed E-state index contributed by atoms with van der Waals surface area (Å²) in [5.74, 6) is -3.03. The maximum atomic E-state index is 13.3. The Morgan fingerprint density at radius 2 is 1.93 bits per heavy atom. The highest BCUT2D eigenvalue weighted by Crippen LogP contribution is 2.52. The van der Waals surface area contributed by atoms with Crippen molar-refractivity contribution in [3.63, 3.8) is 0 Å². The molecule has 1 aliphatic rings. The Morgan fingerprint density at radius 3 is 2.40 bits per heavy atom. The molecule has 0 saturated heterocycles.